The lowest BCUT2D eigenvalue weighted by molar-refractivity contribution is 0.207. The number of hydrogen-bond donors (Lipinski definition) is 2. The van der Waals surface area contributed by atoms with Crippen LogP contribution in [0.2, 0.25) is 0 Å². The zero-order chi connectivity index (χ0) is 19.4. The van der Waals surface area contributed by atoms with Gasteiger partial charge in [-0.1, -0.05) is 6.07 Å². The number of aromatic nitrogens is 1. The van der Waals surface area contributed by atoms with Gasteiger partial charge in [-0.2, -0.15) is 0 Å². The number of hydrogen-bond acceptors (Lipinski definition) is 7. The smallest absolute Gasteiger partial charge is 0.185 e. The van der Waals surface area contributed by atoms with Crippen molar-refractivity contribution in [2.75, 3.05) is 26.6 Å². The molecule has 0 aliphatic carbocycles. The van der Waals surface area contributed by atoms with Gasteiger partial charge in [-0.05, 0) is 43.3 Å². The summed E-state index contributed by atoms with van der Waals surface area (Å²) in [5.41, 5.74) is 2.54. The Kier molecular flexibility index (Phi) is 5.83. The molecule has 1 heterocycles. The highest BCUT2D eigenvalue weighted by atomic mass is 32.1. The second-order valence-electron chi connectivity index (χ2n) is 5.81. The van der Waals surface area contributed by atoms with Crippen molar-refractivity contribution in [3.05, 3.63) is 52.9 Å². The van der Waals surface area contributed by atoms with Crippen molar-refractivity contribution in [1.29, 1.82) is 0 Å². The van der Waals surface area contributed by atoms with Gasteiger partial charge in [0.25, 0.3) is 0 Å². The van der Waals surface area contributed by atoms with E-state index in [4.69, 9.17) is 14.2 Å². The van der Waals surface area contributed by atoms with Crippen LogP contribution < -0.4 is 19.5 Å². The van der Waals surface area contributed by atoms with E-state index < -0.39 is 6.23 Å². The van der Waals surface area contributed by atoms with Crippen LogP contribution >= 0.6 is 11.3 Å². The average molecular weight is 386 g/mol. The lowest BCUT2D eigenvalue weighted by atomic mass is 10.1. The molecule has 0 saturated heterocycles. The maximum atomic E-state index is 10.5. The monoisotopic (exact) mass is 386 g/mol. The minimum absolute atomic E-state index is 0.560. The number of aliphatic hydroxyl groups is 1. The first-order valence-electron chi connectivity index (χ1n) is 8.34. The van der Waals surface area contributed by atoms with Gasteiger partial charge in [0, 0.05) is 16.0 Å². The van der Waals surface area contributed by atoms with E-state index in [2.05, 4.69) is 10.3 Å². The summed E-state index contributed by atoms with van der Waals surface area (Å²) in [6.07, 6.45) is -0.918. The van der Waals surface area contributed by atoms with Crippen molar-refractivity contribution in [3.8, 4) is 28.5 Å². The van der Waals surface area contributed by atoms with Gasteiger partial charge >= 0.3 is 0 Å². The Hall–Kier alpha value is -2.77. The Balaban J connectivity index is 1.79. The number of aliphatic hydroxyl groups excluding tert-OH is 1. The van der Waals surface area contributed by atoms with E-state index in [1.165, 1.54) is 11.3 Å². The third-order valence-corrected chi connectivity index (χ3v) is 5.05. The molecule has 0 bridgehead atoms. The summed E-state index contributed by atoms with van der Waals surface area (Å²) in [7, 11) is 4.78. The molecule has 0 fully saturated rings. The Morgan fingerprint density at radius 1 is 0.963 bits per heavy atom. The third kappa shape index (κ3) is 4.15. The zero-order valence-corrected chi connectivity index (χ0v) is 16.5. The van der Waals surface area contributed by atoms with Crippen molar-refractivity contribution in [2.45, 2.75) is 13.2 Å². The van der Waals surface area contributed by atoms with E-state index >= 15 is 0 Å². The van der Waals surface area contributed by atoms with Gasteiger partial charge in [-0.15, -0.1) is 11.3 Å². The fourth-order valence-corrected chi connectivity index (χ4v) is 3.56. The van der Waals surface area contributed by atoms with Crippen molar-refractivity contribution in [2.24, 2.45) is 0 Å². The van der Waals surface area contributed by atoms with Crippen LogP contribution in [-0.4, -0.2) is 31.4 Å². The van der Waals surface area contributed by atoms with E-state index in [9.17, 15) is 5.11 Å². The molecule has 142 valence electrons. The normalized spacial score (nSPS) is 11.7. The van der Waals surface area contributed by atoms with Crippen LogP contribution in [0.4, 0.5) is 5.13 Å². The van der Waals surface area contributed by atoms with Crippen LogP contribution in [-0.2, 0) is 0 Å². The van der Waals surface area contributed by atoms with E-state index in [0.29, 0.717) is 22.2 Å². The number of rotatable bonds is 7. The van der Waals surface area contributed by atoms with Gasteiger partial charge in [0.2, 0.25) is 0 Å². The standard InChI is InChI=1S/C20H22N2O4S/c1-12-18(13-5-8-15(24-2)9-6-13)21-20(27-12)22-19(23)14-7-10-16(25-3)17(11-14)26-4/h5-11,19,23H,1-4H3,(H,21,22). The van der Waals surface area contributed by atoms with Gasteiger partial charge in [-0.25, -0.2) is 4.98 Å². The Bertz CT molecular complexity index is 909. The first kappa shape index (κ1) is 19.0. The summed E-state index contributed by atoms with van der Waals surface area (Å²) >= 11 is 1.49. The summed E-state index contributed by atoms with van der Waals surface area (Å²) < 4.78 is 15.7. The second-order valence-corrected chi connectivity index (χ2v) is 7.02. The molecule has 0 radical (unpaired) electrons. The lowest BCUT2D eigenvalue weighted by Gasteiger charge is -2.15. The predicted molar refractivity (Wildman–Crippen MR) is 107 cm³/mol. The summed E-state index contributed by atoms with van der Waals surface area (Å²) in [5.74, 6) is 1.97. The molecular weight excluding hydrogens is 364 g/mol. The number of thiazole rings is 1. The minimum Gasteiger partial charge on any atom is -0.497 e. The molecule has 0 saturated carbocycles. The van der Waals surface area contributed by atoms with Crippen LogP contribution in [0.3, 0.4) is 0 Å². The lowest BCUT2D eigenvalue weighted by Crippen LogP contribution is -2.09. The quantitative estimate of drug-likeness (QED) is 0.592. The third-order valence-electron chi connectivity index (χ3n) is 4.14. The molecule has 3 rings (SSSR count). The highest BCUT2D eigenvalue weighted by Gasteiger charge is 2.15. The van der Waals surface area contributed by atoms with Gasteiger partial charge in [0.1, 0.15) is 5.75 Å². The highest BCUT2D eigenvalue weighted by Crippen LogP contribution is 2.34. The molecule has 1 atom stereocenters. The molecule has 0 amide bonds. The average Bonchev–Trinajstić information content (AvgIpc) is 3.07. The van der Waals surface area contributed by atoms with E-state index in [1.54, 1.807) is 39.5 Å². The van der Waals surface area contributed by atoms with Crippen molar-refractivity contribution in [3.63, 3.8) is 0 Å². The largest absolute Gasteiger partial charge is 0.497 e. The maximum Gasteiger partial charge on any atom is 0.185 e. The fourth-order valence-electron chi connectivity index (χ4n) is 2.70. The van der Waals surface area contributed by atoms with Crippen molar-refractivity contribution < 1.29 is 19.3 Å². The molecule has 2 aromatic carbocycles. The first-order chi connectivity index (χ1) is 13.0. The predicted octanol–water partition coefficient (Wildman–Crippen LogP) is 4.25. The number of benzene rings is 2. The number of nitrogens with one attached hydrogen (secondary N) is 1. The molecule has 6 nitrogen and oxygen atoms in total. The summed E-state index contributed by atoms with van der Waals surface area (Å²) in [6, 6.07) is 13.0. The molecule has 3 aromatic rings. The second kappa shape index (κ2) is 8.28. The molecule has 0 aliphatic rings. The van der Waals surface area contributed by atoms with Gasteiger partial charge in [0.15, 0.2) is 22.9 Å². The summed E-state index contributed by atoms with van der Waals surface area (Å²) in [4.78, 5) is 5.69. The Morgan fingerprint density at radius 3 is 2.30 bits per heavy atom. The summed E-state index contributed by atoms with van der Waals surface area (Å²) in [6.45, 7) is 2.01. The molecule has 7 heteroatoms. The van der Waals surface area contributed by atoms with E-state index in [1.807, 2.05) is 31.2 Å². The zero-order valence-electron chi connectivity index (χ0n) is 15.6. The first-order valence-corrected chi connectivity index (χ1v) is 9.15. The Morgan fingerprint density at radius 2 is 1.67 bits per heavy atom. The van der Waals surface area contributed by atoms with Crippen LogP contribution in [0.15, 0.2) is 42.5 Å². The fraction of sp³-hybridized carbons (Fsp3) is 0.250. The number of nitrogens with zero attached hydrogens (tertiary/aromatic N) is 1. The molecule has 2 N–H and O–H groups in total. The van der Waals surface area contributed by atoms with Crippen LogP contribution in [0.1, 0.15) is 16.7 Å². The van der Waals surface area contributed by atoms with E-state index in [0.717, 1.165) is 21.9 Å². The van der Waals surface area contributed by atoms with Crippen LogP contribution in [0.5, 0.6) is 17.2 Å². The maximum absolute atomic E-state index is 10.5. The van der Waals surface area contributed by atoms with Gasteiger partial charge in [0.05, 0.1) is 27.0 Å². The molecular formula is C20H22N2O4S. The van der Waals surface area contributed by atoms with Crippen molar-refractivity contribution >= 4 is 16.5 Å². The van der Waals surface area contributed by atoms with Crippen molar-refractivity contribution in [1.82, 2.24) is 4.98 Å². The molecule has 1 aromatic heterocycles. The summed E-state index contributed by atoms with van der Waals surface area (Å²) in [5, 5.41) is 14.2. The minimum atomic E-state index is -0.918. The Labute approximate surface area is 162 Å². The van der Waals surface area contributed by atoms with Gasteiger partial charge < -0.3 is 24.6 Å². The number of ether oxygens (including phenoxy) is 3. The SMILES string of the molecule is COc1ccc(-c2nc(NC(O)c3ccc(OC)c(OC)c3)sc2C)cc1. The van der Waals surface area contributed by atoms with Crippen LogP contribution in [0, 0.1) is 6.92 Å². The molecule has 27 heavy (non-hydrogen) atoms. The highest BCUT2D eigenvalue weighted by molar-refractivity contribution is 7.16. The molecule has 0 aliphatic heterocycles. The van der Waals surface area contributed by atoms with E-state index in [-0.39, 0.29) is 0 Å². The number of anilines is 1. The number of aryl methyl sites for hydroxylation is 1. The number of methoxy groups -OCH3 is 3. The molecule has 1 unspecified atom stereocenters. The molecule has 0 spiro atoms. The van der Waals surface area contributed by atoms with Crippen LogP contribution in [0.25, 0.3) is 11.3 Å². The topological polar surface area (TPSA) is 72.8 Å². The van der Waals surface area contributed by atoms with Gasteiger partial charge in [-0.3, -0.25) is 0 Å².